The molecule has 2 aromatic heterocycles. The summed E-state index contributed by atoms with van der Waals surface area (Å²) in [5, 5.41) is 1.04. The van der Waals surface area contributed by atoms with E-state index in [4.69, 9.17) is 4.74 Å². The fourth-order valence-electron chi connectivity index (χ4n) is 2.46. The van der Waals surface area contributed by atoms with Gasteiger partial charge in [-0.2, -0.15) is 0 Å². The van der Waals surface area contributed by atoms with Crippen molar-refractivity contribution >= 4 is 28.0 Å². The molecule has 0 radical (unpaired) electrons. The highest BCUT2D eigenvalue weighted by atomic mass is 32.1. The Hall–Kier alpha value is -2.07. The van der Waals surface area contributed by atoms with E-state index in [0.29, 0.717) is 6.54 Å². The summed E-state index contributed by atoms with van der Waals surface area (Å²) in [4.78, 5) is 14.5. The minimum absolute atomic E-state index is 0.153. The van der Waals surface area contributed by atoms with Gasteiger partial charge in [0.15, 0.2) is 5.78 Å². The van der Waals surface area contributed by atoms with Crippen LogP contribution in [0.2, 0.25) is 0 Å². The maximum Gasteiger partial charge on any atom is 0.192 e. The summed E-state index contributed by atoms with van der Waals surface area (Å²) in [7, 11) is 1.66. The van der Waals surface area contributed by atoms with Crippen molar-refractivity contribution in [2.75, 3.05) is 7.11 Å². The number of ether oxygens (including phenoxy) is 1. The Morgan fingerprint density at radius 1 is 1.24 bits per heavy atom. The van der Waals surface area contributed by atoms with Gasteiger partial charge in [-0.1, -0.05) is 13.0 Å². The molecule has 0 aliphatic rings. The number of thiophene rings is 1. The topological polar surface area (TPSA) is 31.2 Å². The third-order valence-electron chi connectivity index (χ3n) is 3.59. The number of hydrogen-bond donors (Lipinski definition) is 0. The molecule has 108 valence electrons. The van der Waals surface area contributed by atoms with Crippen molar-refractivity contribution in [2.45, 2.75) is 19.9 Å². The van der Waals surface area contributed by atoms with Crippen LogP contribution in [0.4, 0.5) is 0 Å². The fourth-order valence-corrected chi connectivity index (χ4v) is 3.34. The summed E-state index contributed by atoms with van der Waals surface area (Å²) in [6, 6.07) is 11.8. The second-order valence-corrected chi connectivity index (χ2v) is 6.05. The maximum absolute atomic E-state index is 12.4. The SMILES string of the molecule is CCc1ccc(C(=O)Cn2ccc3c(OC)cccc32)s1. The van der Waals surface area contributed by atoms with E-state index in [0.717, 1.165) is 28.0 Å². The van der Waals surface area contributed by atoms with E-state index in [1.54, 1.807) is 18.4 Å². The molecule has 3 nitrogen and oxygen atoms in total. The van der Waals surface area contributed by atoms with Gasteiger partial charge in [0, 0.05) is 16.5 Å². The molecule has 0 aliphatic carbocycles. The first-order chi connectivity index (χ1) is 10.2. The molecule has 0 aliphatic heterocycles. The first-order valence-electron chi connectivity index (χ1n) is 6.96. The number of nitrogens with zero attached hydrogens (tertiary/aromatic N) is 1. The lowest BCUT2D eigenvalue weighted by Crippen LogP contribution is -2.07. The van der Waals surface area contributed by atoms with Gasteiger partial charge < -0.3 is 9.30 Å². The molecule has 0 spiro atoms. The molecule has 2 heterocycles. The number of aryl methyl sites for hydroxylation is 1. The van der Waals surface area contributed by atoms with Gasteiger partial charge in [0.1, 0.15) is 5.75 Å². The van der Waals surface area contributed by atoms with Crippen molar-refractivity contribution in [1.82, 2.24) is 4.57 Å². The molecular weight excluding hydrogens is 282 g/mol. The molecule has 4 heteroatoms. The van der Waals surface area contributed by atoms with Crippen LogP contribution in [0.15, 0.2) is 42.6 Å². The first-order valence-corrected chi connectivity index (χ1v) is 7.78. The Bertz CT molecular complexity index is 785. The van der Waals surface area contributed by atoms with Crippen LogP contribution >= 0.6 is 11.3 Å². The zero-order valence-electron chi connectivity index (χ0n) is 12.1. The van der Waals surface area contributed by atoms with E-state index in [-0.39, 0.29) is 5.78 Å². The van der Waals surface area contributed by atoms with Gasteiger partial charge in [-0.3, -0.25) is 4.79 Å². The zero-order valence-corrected chi connectivity index (χ0v) is 12.9. The van der Waals surface area contributed by atoms with Gasteiger partial charge in [-0.25, -0.2) is 0 Å². The highest BCUT2D eigenvalue weighted by Gasteiger charge is 2.12. The number of Topliss-reactive ketones (excluding diaryl/α,β-unsaturated/α-hetero) is 1. The number of aromatic nitrogens is 1. The molecule has 0 N–H and O–H groups in total. The number of carbonyl (C=O) groups is 1. The number of methoxy groups -OCH3 is 1. The summed E-state index contributed by atoms with van der Waals surface area (Å²) in [5.41, 5.74) is 1.02. The third-order valence-corrected chi connectivity index (χ3v) is 4.86. The molecule has 0 amide bonds. The lowest BCUT2D eigenvalue weighted by atomic mass is 10.2. The van der Waals surface area contributed by atoms with Gasteiger partial charge in [0.2, 0.25) is 0 Å². The molecular formula is C17H17NO2S. The summed E-state index contributed by atoms with van der Waals surface area (Å²) < 4.78 is 7.33. The minimum Gasteiger partial charge on any atom is -0.496 e. The van der Waals surface area contributed by atoms with Gasteiger partial charge >= 0.3 is 0 Å². The standard InChI is InChI=1S/C17H17NO2S/c1-3-12-7-8-17(21-12)15(19)11-18-10-9-13-14(18)5-4-6-16(13)20-2/h4-10H,3,11H2,1-2H3. The summed E-state index contributed by atoms with van der Waals surface area (Å²) in [6.45, 7) is 2.46. The van der Waals surface area contributed by atoms with Crippen molar-refractivity contribution < 1.29 is 9.53 Å². The number of carbonyl (C=O) groups excluding carboxylic acids is 1. The van der Waals surface area contributed by atoms with Gasteiger partial charge in [-0.15, -0.1) is 11.3 Å². The van der Waals surface area contributed by atoms with Crippen molar-refractivity contribution in [3.63, 3.8) is 0 Å². The Kier molecular flexibility index (Phi) is 3.80. The minimum atomic E-state index is 0.153. The van der Waals surface area contributed by atoms with Crippen LogP contribution in [-0.2, 0) is 13.0 Å². The van der Waals surface area contributed by atoms with E-state index in [9.17, 15) is 4.79 Å². The van der Waals surface area contributed by atoms with E-state index >= 15 is 0 Å². The Morgan fingerprint density at radius 3 is 2.81 bits per heavy atom. The van der Waals surface area contributed by atoms with Crippen LogP contribution in [0.25, 0.3) is 10.9 Å². The van der Waals surface area contributed by atoms with Crippen LogP contribution in [0.1, 0.15) is 21.5 Å². The molecule has 0 bridgehead atoms. The fraction of sp³-hybridized carbons (Fsp3) is 0.235. The molecule has 0 saturated carbocycles. The molecule has 3 rings (SSSR count). The quantitative estimate of drug-likeness (QED) is 0.662. The number of hydrogen-bond acceptors (Lipinski definition) is 3. The summed E-state index contributed by atoms with van der Waals surface area (Å²) in [6.07, 6.45) is 2.92. The lowest BCUT2D eigenvalue weighted by Gasteiger charge is -2.05. The predicted octanol–water partition coefficient (Wildman–Crippen LogP) is 4.16. The van der Waals surface area contributed by atoms with Crippen LogP contribution in [0, 0.1) is 0 Å². The number of rotatable bonds is 5. The smallest absolute Gasteiger partial charge is 0.192 e. The van der Waals surface area contributed by atoms with Gasteiger partial charge in [-0.05, 0) is 36.8 Å². The average molecular weight is 299 g/mol. The third kappa shape index (κ3) is 2.59. The summed E-state index contributed by atoms with van der Waals surface area (Å²) >= 11 is 1.59. The first kappa shape index (κ1) is 13.9. The maximum atomic E-state index is 12.4. The van der Waals surface area contributed by atoms with Crippen LogP contribution < -0.4 is 4.74 Å². The van der Waals surface area contributed by atoms with Gasteiger partial charge in [0.25, 0.3) is 0 Å². The van der Waals surface area contributed by atoms with Crippen LogP contribution in [0.5, 0.6) is 5.75 Å². The number of ketones is 1. The largest absolute Gasteiger partial charge is 0.496 e. The van der Waals surface area contributed by atoms with E-state index < -0.39 is 0 Å². The second-order valence-electron chi connectivity index (χ2n) is 4.88. The highest BCUT2D eigenvalue weighted by Crippen LogP contribution is 2.27. The molecule has 0 fully saturated rings. The predicted molar refractivity (Wildman–Crippen MR) is 86.5 cm³/mol. The molecule has 3 aromatic rings. The lowest BCUT2D eigenvalue weighted by molar-refractivity contribution is 0.0977. The number of benzene rings is 1. The van der Waals surface area contributed by atoms with Gasteiger partial charge in [0.05, 0.1) is 24.0 Å². The van der Waals surface area contributed by atoms with Crippen molar-refractivity contribution in [3.8, 4) is 5.75 Å². The van der Waals surface area contributed by atoms with Crippen molar-refractivity contribution in [3.05, 3.63) is 52.3 Å². The molecule has 21 heavy (non-hydrogen) atoms. The average Bonchev–Trinajstić information content (AvgIpc) is 3.14. The zero-order chi connectivity index (χ0) is 14.8. The van der Waals surface area contributed by atoms with Crippen LogP contribution in [0.3, 0.4) is 0 Å². The molecule has 0 unspecified atom stereocenters. The highest BCUT2D eigenvalue weighted by molar-refractivity contribution is 7.14. The van der Waals surface area contributed by atoms with E-state index in [1.165, 1.54) is 4.88 Å². The molecule has 1 aromatic carbocycles. The van der Waals surface area contributed by atoms with Crippen molar-refractivity contribution in [1.29, 1.82) is 0 Å². The number of fused-ring (bicyclic) bond motifs is 1. The van der Waals surface area contributed by atoms with E-state index in [2.05, 4.69) is 6.92 Å². The Labute approximate surface area is 127 Å². The summed E-state index contributed by atoms with van der Waals surface area (Å²) in [5.74, 6) is 0.989. The Balaban J connectivity index is 1.89. The normalized spacial score (nSPS) is 11.0. The van der Waals surface area contributed by atoms with Crippen molar-refractivity contribution in [2.24, 2.45) is 0 Å². The monoisotopic (exact) mass is 299 g/mol. The van der Waals surface area contributed by atoms with E-state index in [1.807, 2.05) is 47.2 Å². The molecule has 0 atom stereocenters. The molecule has 0 saturated heterocycles. The second kappa shape index (κ2) is 5.74. The van der Waals surface area contributed by atoms with Crippen LogP contribution in [-0.4, -0.2) is 17.5 Å². The Morgan fingerprint density at radius 2 is 2.10 bits per heavy atom.